The van der Waals surface area contributed by atoms with Crippen LogP contribution < -0.4 is 8.85 Å². The number of nitrogens with zero attached hydrogens (tertiary/aromatic N) is 1. The number of fused-ring (bicyclic) bond motifs is 5. The lowest BCUT2D eigenvalue weighted by molar-refractivity contribution is 0.359. The Morgan fingerprint density at radius 3 is 2.36 bits per heavy atom. The molecule has 3 nitrogen and oxygen atoms in total. The number of unbranched alkanes of at least 4 members (excludes halogenated alkanes) is 1. The lowest BCUT2D eigenvalue weighted by Gasteiger charge is -2.36. The maximum absolute atomic E-state index is 7.02. The van der Waals surface area contributed by atoms with Gasteiger partial charge in [-0.3, -0.25) is 0 Å². The van der Waals surface area contributed by atoms with Gasteiger partial charge in [0.15, 0.2) is 0 Å². The van der Waals surface area contributed by atoms with E-state index in [-0.39, 0.29) is 0 Å². The molecule has 1 aromatic carbocycles. The number of aromatic nitrogens is 1. The van der Waals surface area contributed by atoms with Crippen molar-refractivity contribution in [2.75, 3.05) is 0 Å². The van der Waals surface area contributed by atoms with Crippen molar-refractivity contribution in [3.63, 3.8) is 0 Å². The Hall–Kier alpha value is -2.20. The second-order valence-electron chi connectivity index (χ2n) is 8.44. The van der Waals surface area contributed by atoms with Gasteiger partial charge in [-0.1, -0.05) is 65.3 Å². The van der Waals surface area contributed by atoms with E-state index >= 15 is 0 Å². The Labute approximate surface area is 169 Å². The quantitative estimate of drug-likeness (QED) is 0.436. The monoisotopic (exact) mass is 393 g/mol. The number of para-hydroxylation sites is 1. The van der Waals surface area contributed by atoms with Gasteiger partial charge < -0.3 is 13.3 Å². The van der Waals surface area contributed by atoms with E-state index in [1.54, 1.807) is 0 Å². The summed E-state index contributed by atoms with van der Waals surface area (Å²) in [6, 6.07) is 14.9. The number of aryl methyl sites for hydroxylation is 1. The molecule has 0 N–H and O–H groups in total. The summed E-state index contributed by atoms with van der Waals surface area (Å²) in [6.45, 7) is 11.2. The molecule has 0 amide bonds. The first kappa shape index (κ1) is 19.1. The normalized spacial score (nSPS) is 15.1. The summed E-state index contributed by atoms with van der Waals surface area (Å²) >= 11 is 0. The van der Waals surface area contributed by atoms with Gasteiger partial charge in [-0.15, -0.1) is 0 Å². The van der Waals surface area contributed by atoms with Crippen LogP contribution in [0.4, 0.5) is 0 Å². The molecule has 0 unspecified atom stereocenters. The van der Waals surface area contributed by atoms with Gasteiger partial charge in [0, 0.05) is 34.1 Å². The van der Waals surface area contributed by atoms with Gasteiger partial charge in [0.2, 0.25) is 0 Å². The SMILES string of the molecule is CCCCc1c2c(c3ccccn13)O[Si](C(C)C)(C(C)C)Oc1ccccc1-2. The lowest BCUT2D eigenvalue weighted by atomic mass is 10.0. The number of hydrogen-bond donors (Lipinski definition) is 0. The molecule has 4 heteroatoms. The molecule has 0 saturated heterocycles. The fourth-order valence-electron chi connectivity index (χ4n) is 4.47. The molecule has 0 bridgehead atoms. The van der Waals surface area contributed by atoms with Crippen LogP contribution in [0.1, 0.15) is 53.2 Å². The lowest BCUT2D eigenvalue weighted by Crippen LogP contribution is -2.53. The number of benzene rings is 1. The van der Waals surface area contributed by atoms with Crippen molar-refractivity contribution in [3.8, 4) is 22.6 Å². The summed E-state index contributed by atoms with van der Waals surface area (Å²) in [4.78, 5) is 0. The van der Waals surface area contributed by atoms with Gasteiger partial charge in [0.25, 0.3) is 0 Å². The van der Waals surface area contributed by atoms with Gasteiger partial charge in [-0.25, -0.2) is 0 Å². The van der Waals surface area contributed by atoms with Crippen LogP contribution in [-0.4, -0.2) is 13.0 Å². The van der Waals surface area contributed by atoms with E-state index in [0.717, 1.165) is 29.9 Å². The van der Waals surface area contributed by atoms with Crippen LogP contribution in [0.25, 0.3) is 16.6 Å². The molecule has 1 aliphatic heterocycles. The van der Waals surface area contributed by atoms with Gasteiger partial charge in [-0.2, -0.15) is 0 Å². The Balaban J connectivity index is 2.07. The van der Waals surface area contributed by atoms with Crippen molar-refractivity contribution in [2.45, 2.75) is 65.0 Å². The van der Waals surface area contributed by atoms with Gasteiger partial charge >= 0.3 is 8.56 Å². The molecule has 0 aliphatic carbocycles. The summed E-state index contributed by atoms with van der Waals surface area (Å²) in [7, 11) is -2.54. The first-order valence-corrected chi connectivity index (χ1v) is 12.6. The molecule has 3 heterocycles. The van der Waals surface area contributed by atoms with Crippen molar-refractivity contribution in [2.24, 2.45) is 0 Å². The summed E-state index contributed by atoms with van der Waals surface area (Å²) in [5.74, 6) is 2.00. The second-order valence-corrected chi connectivity index (χ2v) is 12.6. The minimum atomic E-state index is -2.54. The Kier molecular flexibility index (Phi) is 5.00. The molecule has 0 radical (unpaired) electrons. The Morgan fingerprint density at radius 1 is 0.929 bits per heavy atom. The third kappa shape index (κ3) is 2.86. The molecule has 1 aliphatic rings. The maximum atomic E-state index is 7.02. The smallest absolute Gasteiger partial charge is 0.465 e. The Bertz CT molecular complexity index is 981. The van der Waals surface area contributed by atoms with E-state index in [0.29, 0.717) is 11.1 Å². The second kappa shape index (κ2) is 7.32. The number of hydrogen-bond acceptors (Lipinski definition) is 2. The highest BCUT2D eigenvalue weighted by atomic mass is 28.4. The molecular weight excluding hydrogens is 362 g/mol. The number of rotatable bonds is 5. The third-order valence-electron chi connectivity index (χ3n) is 5.96. The topological polar surface area (TPSA) is 22.9 Å². The summed E-state index contributed by atoms with van der Waals surface area (Å²) in [5.41, 5.74) is 5.56. The first-order chi connectivity index (χ1) is 13.5. The standard InChI is InChI=1S/C24H31NO2Si/c1-6-7-13-20-23-19-12-8-9-15-22(19)26-28(17(2)3,18(4)5)27-24(23)21-14-10-11-16-25(20)21/h8-12,14-18H,6-7,13H2,1-5H3. The predicted octanol–water partition coefficient (Wildman–Crippen LogP) is 6.98. The zero-order chi connectivity index (χ0) is 19.9. The molecule has 0 saturated carbocycles. The predicted molar refractivity (Wildman–Crippen MR) is 119 cm³/mol. The van der Waals surface area contributed by atoms with Gasteiger partial charge in [0.1, 0.15) is 11.5 Å². The average Bonchev–Trinajstić information content (AvgIpc) is 2.88. The molecular formula is C24H31NO2Si. The third-order valence-corrected chi connectivity index (χ3v) is 10.2. The summed E-state index contributed by atoms with van der Waals surface area (Å²) in [5, 5.41) is 0. The van der Waals surface area contributed by atoms with E-state index in [9.17, 15) is 0 Å². The molecule has 148 valence electrons. The number of pyridine rings is 1. The molecule has 2 aromatic heterocycles. The zero-order valence-corrected chi connectivity index (χ0v) is 18.7. The highest BCUT2D eigenvalue weighted by molar-refractivity contribution is 6.72. The van der Waals surface area contributed by atoms with Crippen LogP contribution in [0.3, 0.4) is 0 Å². The van der Waals surface area contributed by atoms with E-state index in [4.69, 9.17) is 8.85 Å². The minimum Gasteiger partial charge on any atom is -0.511 e. The molecule has 28 heavy (non-hydrogen) atoms. The fourth-order valence-corrected chi connectivity index (χ4v) is 7.83. The van der Waals surface area contributed by atoms with E-state index in [1.165, 1.54) is 23.2 Å². The van der Waals surface area contributed by atoms with Crippen LogP contribution in [0.2, 0.25) is 11.1 Å². The van der Waals surface area contributed by atoms with E-state index in [1.807, 2.05) is 0 Å². The van der Waals surface area contributed by atoms with Crippen molar-refractivity contribution in [1.29, 1.82) is 0 Å². The van der Waals surface area contributed by atoms with E-state index < -0.39 is 8.56 Å². The highest BCUT2D eigenvalue weighted by Gasteiger charge is 2.52. The maximum Gasteiger partial charge on any atom is 0.465 e. The highest BCUT2D eigenvalue weighted by Crippen LogP contribution is 2.50. The van der Waals surface area contributed by atoms with Crippen LogP contribution in [0, 0.1) is 0 Å². The van der Waals surface area contributed by atoms with Gasteiger partial charge in [0.05, 0.1) is 5.52 Å². The largest absolute Gasteiger partial charge is 0.511 e. The fraction of sp³-hybridized carbons (Fsp3) is 0.417. The summed E-state index contributed by atoms with van der Waals surface area (Å²) in [6.07, 6.45) is 5.54. The summed E-state index contributed by atoms with van der Waals surface area (Å²) < 4.78 is 16.2. The zero-order valence-electron chi connectivity index (χ0n) is 17.7. The van der Waals surface area contributed by atoms with Gasteiger partial charge in [-0.05, 0) is 31.0 Å². The van der Waals surface area contributed by atoms with Crippen LogP contribution in [0.15, 0.2) is 48.7 Å². The first-order valence-electron chi connectivity index (χ1n) is 10.6. The molecule has 0 fully saturated rings. The van der Waals surface area contributed by atoms with Crippen molar-refractivity contribution >= 4 is 14.1 Å². The molecule has 4 rings (SSSR count). The van der Waals surface area contributed by atoms with E-state index in [2.05, 4.69) is 87.7 Å². The molecule has 0 atom stereocenters. The van der Waals surface area contributed by atoms with Crippen LogP contribution in [0.5, 0.6) is 11.5 Å². The molecule has 0 spiro atoms. The van der Waals surface area contributed by atoms with Crippen molar-refractivity contribution in [1.82, 2.24) is 4.40 Å². The minimum absolute atomic E-state index is 0.337. The van der Waals surface area contributed by atoms with Crippen LogP contribution in [-0.2, 0) is 6.42 Å². The van der Waals surface area contributed by atoms with Crippen LogP contribution >= 0.6 is 0 Å². The molecule has 3 aromatic rings. The van der Waals surface area contributed by atoms with Crippen molar-refractivity contribution < 1.29 is 8.85 Å². The van der Waals surface area contributed by atoms with Crippen molar-refractivity contribution in [3.05, 3.63) is 54.4 Å². The average molecular weight is 394 g/mol. The Morgan fingerprint density at radius 2 is 1.64 bits per heavy atom.